The summed E-state index contributed by atoms with van der Waals surface area (Å²) < 4.78 is 0. The van der Waals surface area contributed by atoms with Gasteiger partial charge in [-0.2, -0.15) is 0 Å². The highest BCUT2D eigenvalue weighted by Gasteiger charge is 2.11. The van der Waals surface area contributed by atoms with Crippen molar-refractivity contribution in [2.45, 2.75) is 19.5 Å². The van der Waals surface area contributed by atoms with Crippen LogP contribution in [0.5, 0.6) is 0 Å². The van der Waals surface area contributed by atoms with Gasteiger partial charge in [0.05, 0.1) is 0 Å². The van der Waals surface area contributed by atoms with Crippen LogP contribution in [0.25, 0.3) is 0 Å². The third kappa shape index (κ3) is 6.84. The summed E-state index contributed by atoms with van der Waals surface area (Å²) in [5.41, 5.74) is 3.22. The highest BCUT2D eigenvalue weighted by atomic mass is 35.5. The molecule has 0 aliphatic carbocycles. The van der Waals surface area contributed by atoms with E-state index < -0.39 is 0 Å². The molecule has 2 nitrogen and oxygen atoms in total. The molecule has 0 N–H and O–H groups in total. The first kappa shape index (κ1) is 21.2. The Balaban J connectivity index is 0.00000261. The molecule has 27 heavy (non-hydrogen) atoms. The number of hydrogen-bond acceptors (Lipinski definition) is 2. The highest BCUT2D eigenvalue weighted by molar-refractivity contribution is 6.30. The van der Waals surface area contributed by atoms with E-state index in [4.69, 9.17) is 11.6 Å². The maximum Gasteiger partial charge on any atom is 0.164 e. The second-order valence-corrected chi connectivity index (χ2v) is 6.80. The zero-order valence-electron chi connectivity index (χ0n) is 15.1. The molecule has 0 bridgehead atoms. The number of benzene rings is 3. The van der Waals surface area contributed by atoms with Crippen LogP contribution < -0.4 is 0 Å². The van der Waals surface area contributed by atoms with Gasteiger partial charge in [-0.25, -0.2) is 0 Å². The zero-order valence-corrected chi connectivity index (χ0v) is 16.6. The van der Waals surface area contributed by atoms with E-state index >= 15 is 0 Å². The summed E-state index contributed by atoms with van der Waals surface area (Å²) in [6, 6.07) is 27.9. The number of carbonyl (C=O) groups is 1. The molecule has 0 atom stereocenters. The van der Waals surface area contributed by atoms with E-state index in [0.717, 1.165) is 13.1 Å². The molecule has 0 spiro atoms. The molecule has 0 fully saturated rings. The Bertz CT molecular complexity index is 779. The summed E-state index contributed by atoms with van der Waals surface area (Å²) in [5, 5.41) is 0.649. The van der Waals surface area contributed by atoms with Crippen molar-refractivity contribution in [3.8, 4) is 0 Å². The van der Waals surface area contributed by atoms with Gasteiger partial charge >= 0.3 is 0 Å². The highest BCUT2D eigenvalue weighted by Crippen LogP contribution is 2.14. The van der Waals surface area contributed by atoms with E-state index in [0.29, 0.717) is 23.6 Å². The van der Waals surface area contributed by atoms with Crippen LogP contribution in [0.15, 0.2) is 84.9 Å². The van der Waals surface area contributed by atoms with E-state index in [2.05, 4.69) is 53.4 Å². The first-order valence-electron chi connectivity index (χ1n) is 8.80. The van der Waals surface area contributed by atoms with Crippen LogP contribution in [0.1, 0.15) is 27.9 Å². The number of ketones is 1. The van der Waals surface area contributed by atoms with E-state index in [1.165, 1.54) is 11.1 Å². The molecule has 0 aliphatic rings. The second-order valence-electron chi connectivity index (χ2n) is 6.36. The lowest BCUT2D eigenvalue weighted by Crippen LogP contribution is -2.25. The average molecular weight is 400 g/mol. The van der Waals surface area contributed by atoms with Gasteiger partial charge < -0.3 is 0 Å². The van der Waals surface area contributed by atoms with Gasteiger partial charge in [0.2, 0.25) is 0 Å². The molecule has 0 aliphatic heterocycles. The monoisotopic (exact) mass is 399 g/mol. The fraction of sp³-hybridized carbons (Fsp3) is 0.174. The Kier molecular flexibility index (Phi) is 8.53. The summed E-state index contributed by atoms with van der Waals surface area (Å²) in [6.45, 7) is 2.36. The number of halogens is 2. The molecule has 0 radical (unpaired) electrons. The minimum Gasteiger partial charge on any atom is -0.294 e. The van der Waals surface area contributed by atoms with Gasteiger partial charge in [-0.05, 0) is 35.4 Å². The molecular formula is C23H23Cl2NO. The number of nitrogens with zero attached hydrogens (tertiary/aromatic N) is 1. The molecule has 0 saturated carbocycles. The van der Waals surface area contributed by atoms with Gasteiger partial charge in [-0.3, -0.25) is 9.69 Å². The van der Waals surface area contributed by atoms with Crippen molar-refractivity contribution in [2.75, 3.05) is 6.54 Å². The summed E-state index contributed by atoms with van der Waals surface area (Å²) in [7, 11) is 0. The van der Waals surface area contributed by atoms with Gasteiger partial charge in [-0.15, -0.1) is 12.4 Å². The van der Waals surface area contributed by atoms with E-state index in [-0.39, 0.29) is 18.2 Å². The number of carbonyl (C=O) groups excluding carboxylic acids is 1. The van der Waals surface area contributed by atoms with Crippen LogP contribution in [0.2, 0.25) is 5.02 Å². The topological polar surface area (TPSA) is 20.3 Å². The predicted octanol–water partition coefficient (Wildman–Crippen LogP) is 6.04. The predicted molar refractivity (Wildman–Crippen MR) is 115 cm³/mol. The first-order valence-corrected chi connectivity index (χ1v) is 9.17. The summed E-state index contributed by atoms with van der Waals surface area (Å²) >= 11 is 5.90. The number of Topliss-reactive ketones (excluding diaryl/α,β-unsaturated/α-hetero) is 1. The Morgan fingerprint density at radius 2 is 1.22 bits per heavy atom. The van der Waals surface area contributed by atoms with Crippen LogP contribution in [0, 0.1) is 0 Å². The molecule has 0 saturated heterocycles. The Morgan fingerprint density at radius 1 is 0.741 bits per heavy atom. The summed E-state index contributed by atoms with van der Waals surface area (Å²) in [5.74, 6) is 0.146. The van der Waals surface area contributed by atoms with Crippen molar-refractivity contribution in [3.63, 3.8) is 0 Å². The Hall–Kier alpha value is -2.13. The molecule has 3 aromatic rings. The molecular weight excluding hydrogens is 377 g/mol. The second kappa shape index (κ2) is 10.9. The van der Waals surface area contributed by atoms with Crippen molar-refractivity contribution in [1.29, 1.82) is 0 Å². The fourth-order valence-electron chi connectivity index (χ4n) is 2.94. The quantitative estimate of drug-likeness (QED) is 0.430. The summed E-state index contributed by atoms with van der Waals surface area (Å²) in [4.78, 5) is 14.8. The van der Waals surface area contributed by atoms with E-state index in [1.807, 2.05) is 12.1 Å². The van der Waals surface area contributed by atoms with Crippen molar-refractivity contribution < 1.29 is 4.79 Å². The minimum atomic E-state index is 0. The normalized spacial score (nSPS) is 10.4. The van der Waals surface area contributed by atoms with Crippen LogP contribution in [0.4, 0.5) is 0 Å². The molecule has 0 amide bonds. The van der Waals surface area contributed by atoms with Gasteiger partial charge in [0.15, 0.2) is 5.78 Å². The summed E-state index contributed by atoms with van der Waals surface area (Å²) in [6.07, 6.45) is 0.487. The molecule has 140 valence electrons. The molecule has 0 aromatic heterocycles. The van der Waals surface area contributed by atoms with Gasteiger partial charge in [0.1, 0.15) is 0 Å². The maximum atomic E-state index is 12.5. The lowest BCUT2D eigenvalue weighted by molar-refractivity contribution is 0.0960. The standard InChI is InChI=1S/C23H22ClNO.ClH/c24-22-13-11-21(12-14-22)23(26)15-16-25(17-19-7-3-1-4-8-19)18-20-9-5-2-6-10-20;/h1-14H,15-18H2;1H. The van der Waals surface area contributed by atoms with E-state index in [1.54, 1.807) is 24.3 Å². The van der Waals surface area contributed by atoms with Crippen molar-refractivity contribution >= 4 is 29.8 Å². The number of rotatable bonds is 8. The minimum absolute atomic E-state index is 0. The lowest BCUT2D eigenvalue weighted by atomic mass is 10.1. The Labute approximate surface area is 172 Å². The Morgan fingerprint density at radius 3 is 1.70 bits per heavy atom. The average Bonchev–Trinajstić information content (AvgIpc) is 2.68. The zero-order chi connectivity index (χ0) is 18.2. The molecule has 0 unspecified atom stereocenters. The molecule has 3 rings (SSSR count). The van der Waals surface area contributed by atoms with Crippen LogP contribution in [-0.4, -0.2) is 17.2 Å². The van der Waals surface area contributed by atoms with Crippen molar-refractivity contribution in [3.05, 3.63) is 107 Å². The fourth-order valence-corrected chi connectivity index (χ4v) is 3.06. The van der Waals surface area contributed by atoms with Crippen molar-refractivity contribution in [2.24, 2.45) is 0 Å². The lowest BCUT2D eigenvalue weighted by Gasteiger charge is -2.22. The SMILES string of the molecule is Cl.O=C(CCN(Cc1ccccc1)Cc1ccccc1)c1ccc(Cl)cc1. The van der Waals surface area contributed by atoms with Crippen LogP contribution in [0.3, 0.4) is 0 Å². The third-order valence-electron chi connectivity index (χ3n) is 4.32. The number of hydrogen-bond donors (Lipinski definition) is 0. The molecule has 4 heteroatoms. The smallest absolute Gasteiger partial charge is 0.164 e. The van der Waals surface area contributed by atoms with Crippen molar-refractivity contribution in [1.82, 2.24) is 4.90 Å². The van der Waals surface area contributed by atoms with Gasteiger partial charge in [0, 0.05) is 36.6 Å². The molecule has 3 aromatic carbocycles. The first-order chi connectivity index (χ1) is 12.7. The largest absolute Gasteiger partial charge is 0.294 e. The van der Waals surface area contributed by atoms with Crippen LogP contribution >= 0.6 is 24.0 Å². The maximum absolute atomic E-state index is 12.5. The van der Waals surface area contributed by atoms with Gasteiger partial charge in [0.25, 0.3) is 0 Å². The van der Waals surface area contributed by atoms with Crippen LogP contribution in [-0.2, 0) is 13.1 Å². The molecule has 0 heterocycles. The third-order valence-corrected chi connectivity index (χ3v) is 4.57. The van der Waals surface area contributed by atoms with Gasteiger partial charge in [-0.1, -0.05) is 72.3 Å². The van der Waals surface area contributed by atoms with E-state index in [9.17, 15) is 4.79 Å².